The predicted molar refractivity (Wildman–Crippen MR) is 422 cm³/mol. The number of benzene rings is 7. The van der Waals surface area contributed by atoms with Crippen LogP contribution in [0.1, 0.15) is 159 Å². The Balaban J connectivity index is 0.554. The Labute approximate surface area is 657 Å². The number of aliphatic hydroxyl groups excluding tert-OH is 1. The van der Waals surface area contributed by atoms with E-state index in [4.69, 9.17) is 33.2 Å². The summed E-state index contributed by atoms with van der Waals surface area (Å²) >= 11 is 0. The molecule has 5 heterocycles. The van der Waals surface area contributed by atoms with Gasteiger partial charge in [0.2, 0.25) is 11.8 Å². The number of rotatable bonds is 28. The van der Waals surface area contributed by atoms with Gasteiger partial charge in [-0.1, -0.05) is 135 Å². The van der Waals surface area contributed by atoms with Crippen molar-refractivity contribution in [3.05, 3.63) is 196 Å². The topological polar surface area (TPSA) is 286 Å². The molecule has 14 rings (SSSR count). The van der Waals surface area contributed by atoms with E-state index in [1.54, 1.807) is 70.0 Å². The molecule has 3 N–H and O–H groups in total. The van der Waals surface area contributed by atoms with Crippen molar-refractivity contribution in [2.75, 3.05) is 52.5 Å². The molecule has 2 aliphatic carbocycles. The molecule has 3 unspecified atom stereocenters. The maximum atomic E-state index is 14.6. The fourth-order valence-electron chi connectivity index (χ4n) is 16.2. The van der Waals surface area contributed by atoms with Gasteiger partial charge in [-0.05, 0) is 145 Å². The lowest BCUT2D eigenvalue weighted by Crippen LogP contribution is -2.50. The fraction of sp³-hybridized carbons (Fsp3) is 0.393. The van der Waals surface area contributed by atoms with Gasteiger partial charge in [-0.25, -0.2) is 14.4 Å². The second-order valence-electron chi connectivity index (χ2n) is 31.2. The zero-order valence-electron chi connectivity index (χ0n) is 65.2. The number of fused-ring (bicyclic) bond motifs is 9. The van der Waals surface area contributed by atoms with Crippen molar-refractivity contribution in [3.8, 4) is 62.4 Å². The molecule has 1 saturated heterocycles. The molecule has 0 radical (unpaired) electrons. The molecular formula is C89H96N8O16. The highest BCUT2D eigenvalue weighted by Gasteiger charge is 2.58. The first kappa shape index (κ1) is 78.0. The normalized spacial score (nSPS) is 18.4. The first-order chi connectivity index (χ1) is 54.5. The molecule has 24 heteroatoms. The number of carbonyl (C=O) groups is 8. The summed E-state index contributed by atoms with van der Waals surface area (Å²) in [5.41, 5.74) is 12.0. The predicted octanol–water partition coefficient (Wildman–Crippen LogP) is 13.2. The number of hydrogen-bond donors (Lipinski definition) is 3. The zero-order chi connectivity index (χ0) is 79.5. The van der Waals surface area contributed by atoms with Crippen molar-refractivity contribution in [1.29, 1.82) is 0 Å². The van der Waals surface area contributed by atoms with E-state index in [1.807, 2.05) is 108 Å². The number of aliphatic hydroxyl groups is 1. The molecule has 24 nitrogen and oxygen atoms in total. The minimum Gasteiger partial charge on any atom is -0.497 e. The van der Waals surface area contributed by atoms with Gasteiger partial charge < -0.3 is 58.7 Å². The number of nitrogens with one attached hydrogen (secondary N) is 2. The summed E-state index contributed by atoms with van der Waals surface area (Å²) in [4.78, 5) is 116. The lowest BCUT2D eigenvalue weighted by atomic mass is 9.87. The van der Waals surface area contributed by atoms with E-state index in [1.165, 1.54) is 26.4 Å². The number of carbonyl (C=O) groups excluding carboxylic acids is 8. The van der Waals surface area contributed by atoms with Crippen molar-refractivity contribution < 1.29 is 76.6 Å². The summed E-state index contributed by atoms with van der Waals surface area (Å²) in [7, 11) is 4.65. The smallest absolute Gasteiger partial charge is 0.416 e. The fourth-order valence-corrected chi connectivity index (χ4v) is 16.2. The van der Waals surface area contributed by atoms with Crippen LogP contribution in [0.25, 0.3) is 39.2 Å². The Morgan fingerprint density at radius 1 is 0.664 bits per heavy atom. The van der Waals surface area contributed by atoms with E-state index in [9.17, 15) is 43.5 Å². The standard InChI is InChI=1S/C89H96N8O16/c1-51(2)69(42-64(98)47-90-83(101)53(5)37-80(100)113-75-40-60-15-10-11-16-66(60)81-82(97(52(3)4)93-92-81)68-18-13-12-17-67(68)75)84(102)91-54(6)74(99)38-55-19-21-56(22-20-55)49-112-88(106)96-72-45-79(77(109-9)44-71(72)86(104)95-50-89(33-34-89)46-73(95)87(96)105)111-36-14-35-110-78-41-61-27-30-63-39-62(48-94(63)85(103)70(61)43-76(78)108-8)59-25-23-57(24-26-59)58-28-31-65(107-7)32-29-58/h10-13,15-26,28-29,31-32,41,43-45,48,51-54,63,69,73,75,87,105H,14,27,30,33-40,42,46-47,49-50H2,1-9H3,(H,90,101)(H,91,102)/t53?,54-,63+,69-,73-,75?,87?/m0/s1. The summed E-state index contributed by atoms with van der Waals surface area (Å²) in [5.74, 6) is -2.62. The molecule has 1 aromatic heterocycles. The van der Waals surface area contributed by atoms with Crippen LogP contribution in [0.4, 0.5) is 10.5 Å². The van der Waals surface area contributed by atoms with Crippen LogP contribution in [0.15, 0.2) is 152 Å². The average molecular weight is 1530 g/mol. The molecule has 5 amide bonds. The van der Waals surface area contributed by atoms with Crippen LogP contribution < -0.4 is 39.2 Å². The number of nitrogens with zero attached hydrogens (tertiary/aromatic N) is 6. The van der Waals surface area contributed by atoms with Crippen LogP contribution in [-0.4, -0.2) is 149 Å². The lowest BCUT2D eigenvalue weighted by molar-refractivity contribution is -0.152. The van der Waals surface area contributed by atoms with Gasteiger partial charge in [-0.2, -0.15) is 0 Å². The number of Topliss-reactive ketones (excluding diaryl/α,β-unsaturated/α-hetero) is 2. The number of aromatic nitrogens is 3. The average Bonchev–Trinajstić information content (AvgIpc) is 1.56. The second-order valence-corrected chi connectivity index (χ2v) is 31.2. The molecule has 4 aliphatic heterocycles. The first-order valence-corrected chi connectivity index (χ1v) is 38.9. The number of aryl methyl sites for hydroxylation is 1. The van der Waals surface area contributed by atoms with Crippen molar-refractivity contribution in [3.63, 3.8) is 0 Å². The Kier molecular flexibility index (Phi) is 23.0. The third-order valence-electron chi connectivity index (χ3n) is 22.8. The maximum Gasteiger partial charge on any atom is 0.416 e. The highest BCUT2D eigenvalue weighted by atomic mass is 16.6. The first-order valence-electron chi connectivity index (χ1n) is 38.9. The second kappa shape index (κ2) is 33.3. The van der Waals surface area contributed by atoms with Gasteiger partial charge in [0.1, 0.15) is 24.2 Å². The van der Waals surface area contributed by atoms with Crippen LogP contribution in [0.5, 0.6) is 28.7 Å². The highest BCUT2D eigenvalue weighted by molar-refractivity contribution is 6.06. The monoisotopic (exact) mass is 1530 g/mol. The van der Waals surface area contributed by atoms with Gasteiger partial charge in [0, 0.05) is 90.7 Å². The number of esters is 1. The summed E-state index contributed by atoms with van der Waals surface area (Å²) < 4.78 is 43.7. The van der Waals surface area contributed by atoms with Crippen molar-refractivity contribution in [2.24, 2.45) is 23.2 Å². The summed E-state index contributed by atoms with van der Waals surface area (Å²) in [6, 6.07) is 43.8. The molecule has 7 aromatic carbocycles. The molecule has 113 heavy (non-hydrogen) atoms. The van der Waals surface area contributed by atoms with Crippen molar-refractivity contribution >= 4 is 58.5 Å². The molecule has 8 aromatic rings. The number of ketones is 2. The lowest BCUT2D eigenvalue weighted by Gasteiger charge is -2.31. The van der Waals surface area contributed by atoms with Crippen LogP contribution in [0, 0.1) is 23.2 Å². The minimum absolute atomic E-state index is 0.00482. The molecule has 0 bridgehead atoms. The van der Waals surface area contributed by atoms with E-state index in [0.717, 1.165) is 97.8 Å². The zero-order valence-corrected chi connectivity index (χ0v) is 65.2. The van der Waals surface area contributed by atoms with Crippen molar-refractivity contribution in [1.82, 2.24) is 35.4 Å². The Hall–Kier alpha value is -11.7. The number of amides is 5. The Bertz CT molecular complexity index is 4990. The molecule has 588 valence electrons. The minimum atomic E-state index is -1.48. The SMILES string of the molecule is COc1ccc(-c2ccc(C3=CN4C(=O)c5cc(OC)c(OCCCOc6cc7c(cc6OC)C(=O)N6CC8(CC8)C[C@H]6C(O)N7C(=O)OCc6ccc(CC(=O)[C@H](C)NC(=O)[C@@H](CC(=O)CNC(=O)C(C)CC(=O)OC7Cc8ccccc8-c8nnn(C(C)C)c8-c8ccccc87)C(C)C)cc6)cc5CC[C@@H]4C3)cc2)cc1. The highest BCUT2D eigenvalue weighted by Crippen LogP contribution is 2.57. The molecule has 6 aliphatic rings. The molecular weight excluding hydrogens is 1440 g/mol. The number of hydrogen-bond acceptors (Lipinski definition) is 18. The number of anilines is 1. The van der Waals surface area contributed by atoms with Crippen LogP contribution >= 0.6 is 0 Å². The van der Waals surface area contributed by atoms with E-state index in [2.05, 4.69) is 45.2 Å². The number of methoxy groups -OCH3 is 3. The van der Waals surface area contributed by atoms with Gasteiger partial charge in [0.25, 0.3) is 11.8 Å². The molecule has 2 fully saturated rings. The van der Waals surface area contributed by atoms with E-state index >= 15 is 0 Å². The largest absolute Gasteiger partial charge is 0.497 e. The Morgan fingerprint density at radius 2 is 1.32 bits per heavy atom. The molecule has 1 saturated carbocycles. The quantitative estimate of drug-likeness (QED) is 0.0303. The van der Waals surface area contributed by atoms with Gasteiger partial charge in [0.15, 0.2) is 40.8 Å². The molecule has 7 atom stereocenters. The molecule has 1 spiro atoms. The van der Waals surface area contributed by atoms with Gasteiger partial charge in [-0.15, -0.1) is 5.10 Å². The maximum absolute atomic E-state index is 14.6. The number of ether oxygens (including phenoxy) is 7. The summed E-state index contributed by atoms with van der Waals surface area (Å²) in [6.07, 6.45) is 3.55. The van der Waals surface area contributed by atoms with Crippen molar-refractivity contribution in [2.45, 2.75) is 155 Å². The third-order valence-corrected chi connectivity index (χ3v) is 22.8. The van der Waals surface area contributed by atoms with Crippen LogP contribution in [0.3, 0.4) is 0 Å². The van der Waals surface area contributed by atoms with Gasteiger partial charge in [-0.3, -0.25) is 33.6 Å². The summed E-state index contributed by atoms with van der Waals surface area (Å²) in [6.45, 7) is 10.9. The van der Waals surface area contributed by atoms with Gasteiger partial charge >= 0.3 is 12.1 Å². The van der Waals surface area contributed by atoms with Gasteiger partial charge in [0.05, 0.1) is 76.5 Å². The van der Waals surface area contributed by atoms with Crippen LogP contribution in [-0.2, 0) is 59.3 Å². The van der Waals surface area contributed by atoms with E-state index in [0.29, 0.717) is 60.4 Å². The van der Waals surface area contributed by atoms with E-state index < -0.39 is 65.9 Å². The summed E-state index contributed by atoms with van der Waals surface area (Å²) in [5, 5.41) is 26.8. The Morgan fingerprint density at radius 3 is 2.00 bits per heavy atom. The van der Waals surface area contributed by atoms with Crippen LogP contribution in [0.2, 0.25) is 0 Å². The van der Waals surface area contributed by atoms with E-state index in [-0.39, 0.29) is 109 Å². The third kappa shape index (κ3) is 16.7.